The molecule has 0 aliphatic carbocycles. The molecule has 1 aliphatic heterocycles. The molecule has 1 fully saturated rings. The normalized spacial score (nSPS) is 20.4. The van der Waals surface area contributed by atoms with Gasteiger partial charge in [0.25, 0.3) is 0 Å². The van der Waals surface area contributed by atoms with Crippen molar-refractivity contribution < 1.29 is 9.53 Å². The Balaban J connectivity index is 1.54. The van der Waals surface area contributed by atoms with E-state index in [4.69, 9.17) is 10.5 Å². The van der Waals surface area contributed by atoms with Crippen LogP contribution in [0.1, 0.15) is 18.4 Å². The first-order valence-corrected chi connectivity index (χ1v) is 7.89. The number of pyridine rings is 1. The molecule has 23 heavy (non-hydrogen) atoms. The highest BCUT2D eigenvalue weighted by Gasteiger charge is 2.29. The topological polar surface area (TPSA) is 77.2 Å². The van der Waals surface area contributed by atoms with Crippen LogP contribution in [-0.4, -0.2) is 29.6 Å². The molecule has 0 unspecified atom stereocenters. The molecule has 0 radical (unpaired) electrons. The average Bonchev–Trinajstić information content (AvgIpc) is 3.10. The minimum Gasteiger partial charge on any atom is -0.364 e. The SMILES string of the molecule is NC[C@H]1CC[C@@H](C(=O)NCc2ccc(-c3cccnc3)cc2)O1. The van der Waals surface area contributed by atoms with Crippen LogP contribution in [0.4, 0.5) is 0 Å². The smallest absolute Gasteiger partial charge is 0.249 e. The lowest BCUT2D eigenvalue weighted by Gasteiger charge is -2.13. The van der Waals surface area contributed by atoms with Crippen molar-refractivity contribution in [2.75, 3.05) is 6.54 Å². The second kappa shape index (κ2) is 7.35. The summed E-state index contributed by atoms with van der Waals surface area (Å²) in [5.41, 5.74) is 8.81. The van der Waals surface area contributed by atoms with Crippen molar-refractivity contribution in [3.05, 3.63) is 54.4 Å². The first-order valence-electron chi connectivity index (χ1n) is 7.89. The zero-order valence-electron chi connectivity index (χ0n) is 12.9. The fraction of sp³-hybridized carbons (Fsp3) is 0.333. The van der Waals surface area contributed by atoms with Crippen LogP contribution in [0.2, 0.25) is 0 Å². The summed E-state index contributed by atoms with van der Waals surface area (Å²) in [4.78, 5) is 16.2. The molecular weight excluding hydrogens is 290 g/mol. The molecule has 3 N–H and O–H groups in total. The van der Waals surface area contributed by atoms with Crippen molar-refractivity contribution in [2.45, 2.75) is 31.6 Å². The maximum atomic E-state index is 12.1. The van der Waals surface area contributed by atoms with Crippen LogP contribution >= 0.6 is 0 Å². The standard InChI is InChI=1S/C18H21N3O2/c19-10-16-7-8-17(23-16)18(22)21-11-13-3-5-14(6-4-13)15-2-1-9-20-12-15/h1-6,9,12,16-17H,7-8,10-11,19H2,(H,21,22)/t16-,17+/m1/s1. The maximum Gasteiger partial charge on any atom is 0.249 e. The molecular formula is C18H21N3O2. The third kappa shape index (κ3) is 3.94. The van der Waals surface area contributed by atoms with Crippen molar-refractivity contribution >= 4 is 5.91 Å². The summed E-state index contributed by atoms with van der Waals surface area (Å²) in [6, 6.07) is 12.0. The monoisotopic (exact) mass is 311 g/mol. The van der Waals surface area contributed by atoms with Gasteiger partial charge in [-0.2, -0.15) is 0 Å². The molecule has 2 atom stereocenters. The minimum atomic E-state index is -0.363. The summed E-state index contributed by atoms with van der Waals surface area (Å²) in [5.74, 6) is -0.0581. The van der Waals surface area contributed by atoms with E-state index in [1.807, 2.05) is 42.6 Å². The van der Waals surface area contributed by atoms with Crippen LogP contribution in [-0.2, 0) is 16.1 Å². The zero-order valence-corrected chi connectivity index (χ0v) is 12.9. The van der Waals surface area contributed by atoms with Gasteiger partial charge in [0.15, 0.2) is 0 Å². The Kier molecular flexibility index (Phi) is 5.00. The summed E-state index contributed by atoms with van der Waals surface area (Å²) in [5, 5.41) is 2.93. The Morgan fingerprint density at radius 2 is 2.04 bits per heavy atom. The van der Waals surface area contributed by atoms with Gasteiger partial charge in [0, 0.05) is 25.5 Å². The van der Waals surface area contributed by atoms with E-state index in [0.29, 0.717) is 13.1 Å². The molecule has 0 bridgehead atoms. The van der Waals surface area contributed by atoms with Crippen molar-refractivity contribution in [1.29, 1.82) is 0 Å². The third-order valence-corrected chi connectivity index (χ3v) is 4.08. The zero-order chi connectivity index (χ0) is 16.1. The van der Waals surface area contributed by atoms with Gasteiger partial charge in [-0.1, -0.05) is 30.3 Å². The fourth-order valence-corrected chi connectivity index (χ4v) is 2.72. The highest BCUT2D eigenvalue weighted by atomic mass is 16.5. The number of nitrogens with one attached hydrogen (secondary N) is 1. The van der Waals surface area contributed by atoms with Gasteiger partial charge in [0.05, 0.1) is 6.10 Å². The number of ether oxygens (including phenoxy) is 1. The van der Waals surface area contributed by atoms with Crippen LogP contribution in [0.5, 0.6) is 0 Å². The molecule has 1 aromatic carbocycles. The highest BCUT2D eigenvalue weighted by molar-refractivity contribution is 5.81. The Morgan fingerprint density at radius 1 is 1.22 bits per heavy atom. The molecule has 3 rings (SSSR count). The molecule has 1 amide bonds. The average molecular weight is 311 g/mol. The lowest BCUT2D eigenvalue weighted by Crippen LogP contribution is -2.35. The molecule has 1 aliphatic rings. The first-order chi connectivity index (χ1) is 11.3. The van der Waals surface area contributed by atoms with E-state index in [1.165, 1.54) is 0 Å². The number of hydrogen-bond acceptors (Lipinski definition) is 4. The number of rotatable bonds is 5. The van der Waals surface area contributed by atoms with Gasteiger partial charge in [0.2, 0.25) is 5.91 Å². The summed E-state index contributed by atoms with van der Waals surface area (Å²) in [6.45, 7) is 0.971. The second-order valence-corrected chi connectivity index (χ2v) is 5.72. The molecule has 0 saturated carbocycles. The van der Waals surface area contributed by atoms with E-state index in [9.17, 15) is 4.79 Å². The predicted molar refractivity (Wildman–Crippen MR) is 88.5 cm³/mol. The third-order valence-electron chi connectivity index (χ3n) is 4.08. The number of nitrogens with zero attached hydrogens (tertiary/aromatic N) is 1. The summed E-state index contributed by atoms with van der Waals surface area (Å²) in [7, 11) is 0. The molecule has 120 valence electrons. The molecule has 2 aromatic rings. The second-order valence-electron chi connectivity index (χ2n) is 5.72. The van der Waals surface area contributed by atoms with Crippen LogP contribution < -0.4 is 11.1 Å². The summed E-state index contributed by atoms with van der Waals surface area (Å²) in [6.07, 6.45) is 4.85. The molecule has 1 aromatic heterocycles. The van der Waals surface area contributed by atoms with Gasteiger partial charge in [-0.25, -0.2) is 0 Å². The van der Waals surface area contributed by atoms with Crippen LogP contribution in [0.3, 0.4) is 0 Å². The number of aromatic nitrogens is 1. The highest BCUT2D eigenvalue weighted by Crippen LogP contribution is 2.20. The van der Waals surface area contributed by atoms with Gasteiger partial charge in [0.1, 0.15) is 6.10 Å². The summed E-state index contributed by atoms with van der Waals surface area (Å²) >= 11 is 0. The number of nitrogens with two attached hydrogens (primary N) is 1. The quantitative estimate of drug-likeness (QED) is 0.884. The van der Waals surface area contributed by atoms with Gasteiger partial charge < -0.3 is 15.8 Å². The Labute approximate surface area is 135 Å². The molecule has 5 heteroatoms. The lowest BCUT2D eigenvalue weighted by atomic mass is 10.1. The van der Waals surface area contributed by atoms with Gasteiger partial charge in [-0.3, -0.25) is 9.78 Å². The van der Waals surface area contributed by atoms with Gasteiger partial charge >= 0.3 is 0 Å². The lowest BCUT2D eigenvalue weighted by molar-refractivity contribution is -0.132. The van der Waals surface area contributed by atoms with Crippen LogP contribution in [0.15, 0.2) is 48.8 Å². The molecule has 0 spiro atoms. The fourth-order valence-electron chi connectivity index (χ4n) is 2.72. The number of benzene rings is 1. The number of carbonyl (C=O) groups is 1. The van der Waals surface area contributed by atoms with Crippen molar-refractivity contribution in [3.8, 4) is 11.1 Å². The Hall–Kier alpha value is -2.24. The van der Waals surface area contributed by atoms with Gasteiger partial charge in [-0.05, 0) is 35.6 Å². The van der Waals surface area contributed by atoms with E-state index >= 15 is 0 Å². The number of carbonyl (C=O) groups excluding carboxylic acids is 1. The van der Waals surface area contributed by atoms with E-state index in [1.54, 1.807) is 6.20 Å². The first kappa shape index (κ1) is 15.6. The number of amides is 1. The molecule has 1 saturated heterocycles. The van der Waals surface area contributed by atoms with Gasteiger partial charge in [-0.15, -0.1) is 0 Å². The van der Waals surface area contributed by atoms with Crippen LogP contribution in [0.25, 0.3) is 11.1 Å². The predicted octanol–water partition coefficient (Wildman–Crippen LogP) is 1.87. The van der Waals surface area contributed by atoms with Crippen molar-refractivity contribution in [1.82, 2.24) is 10.3 Å². The van der Waals surface area contributed by atoms with Crippen molar-refractivity contribution in [2.24, 2.45) is 5.73 Å². The maximum absolute atomic E-state index is 12.1. The molecule has 2 heterocycles. The van der Waals surface area contributed by atoms with E-state index in [-0.39, 0.29) is 18.1 Å². The van der Waals surface area contributed by atoms with E-state index < -0.39 is 0 Å². The van der Waals surface area contributed by atoms with Crippen LogP contribution in [0, 0.1) is 0 Å². The summed E-state index contributed by atoms with van der Waals surface area (Å²) < 4.78 is 5.59. The largest absolute Gasteiger partial charge is 0.364 e. The molecule has 5 nitrogen and oxygen atoms in total. The Bertz CT molecular complexity index is 643. The minimum absolute atomic E-state index is 0.0181. The van der Waals surface area contributed by atoms with E-state index in [2.05, 4.69) is 10.3 Å². The van der Waals surface area contributed by atoms with Crippen molar-refractivity contribution in [3.63, 3.8) is 0 Å². The Morgan fingerprint density at radius 3 is 2.70 bits per heavy atom. The number of hydrogen-bond donors (Lipinski definition) is 2. The van der Waals surface area contributed by atoms with E-state index in [0.717, 1.165) is 29.5 Å².